The van der Waals surface area contributed by atoms with Crippen LogP contribution in [-0.4, -0.2) is 94.8 Å². The number of rotatable bonds is 9. The lowest BCUT2D eigenvalue weighted by atomic mass is 9.92. The van der Waals surface area contributed by atoms with Crippen LogP contribution in [0.25, 0.3) is 32.1 Å². The van der Waals surface area contributed by atoms with Crippen LogP contribution in [0.5, 0.6) is 6.01 Å². The largest absolute Gasteiger partial charge is 0.461 e. The molecule has 0 radical (unpaired) electrons. The number of nitrogens with two attached hydrogens (primary N) is 3. The average molecular weight is 789 g/mol. The van der Waals surface area contributed by atoms with E-state index in [4.69, 9.17) is 22.0 Å². The number of carbonyl (C=O) groups is 1. The van der Waals surface area contributed by atoms with Gasteiger partial charge in [-0.15, -0.1) is 11.3 Å². The van der Waals surface area contributed by atoms with Gasteiger partial charge in [-0.2, -0.15) is 28.4 Å². The molecule has 3 unspecified atom stereocenters. The summed E-state index contributed by atoms with van der Waals surface area (Å²) in [5.41, 5.74) is 7.41. The van der Waals surface area contributed by atoms with Crippen molar-refractivity contribution >= 4 is 49.1 Å². The zero-order valence-electron chi connectivity index (χ0n) is 29.9. The molecule has 0 spiro atoms. The predicted molar refractivity (Wildman–Crippen MR) is 195 cm³/mol. The summed E-state index contributed by atoms with van der Waals surface area (Å²) in [5.74, 6) is 3.00. The van der Waals surface area contributed by atoms with Crippen LogP contribution in [0.3, 0.4) is 0 Å². The number of halogens is 6. The highest BCUT2D eigenvalue weighted by atomic mass is 32.1. The molecule has 2 aromatic carbocycles. The van der Waals surface area contributed by atoms with Crippen molar-refractivity contribution in [3.05, 3.63) is 52.9 Å². The van der Waals surface area contributed by atoms with Crippen molar-refractivity contribution in [2.45, 2.75) is 56.5 Å². The number of nitrogens with zero attached hydrogens (tertiary/aromatic N) is 7. The second-order valence-corrected chi connectivity index (χ2v) is 15.1. The molecule has 12 nitrogen and oxygen atoms in total. The van der Waals surface area contributed by atoms with Gasteiger partial charge in [0.15, 0.2) is 5.82 Å². The second kappa shape index (κ2) is 14.2. The van der Waals surface area contributed by atoms with E-state index >= 15 is 22.0 Å². The molecule has 55 heavy (non-hydrogen) atoms. The summed E-state index contributed by atoms with van der Waals surface area (Å²) in [6.45, 7) is 3.10. The highest BCUT2D eigenvalue weighted by Crippen LogP contribution is 2.48. The first-order valence-corrected chi connectivity index (χ1v) is 18.4. The van der Waals surface area contributed by atoms with Crippen LogP contribution in [0, 0.1) is 23.0 Å². The number of aromatic nitrogens is 2. The lowest BCUT2D eigenvalue weighted by Crippen LogP contribution is -2.44. The van der Waals surface area contributed by atoms with E-state index in [9.17, 15) is 14.4 Å². The Kier molecular flexibility index (Phi) is 9.88. The Labute approximate surface area is 315 Å². The van der Waals surface area contributed by atoms with E-state index in [1.54, 1.807) is 11.8 Å². The summed E-state index contributed by atoms with van der Waals surface area (Å²) in [5, 5.41) is 10.3. The molecule has 0 saturated carbocycles. The highest BCUT2D eigenvalue weighted by molar-refractivity contribution is 7.23. The maximum absolute atomic E-state index is 17.3. The normalized spacial score (nSPS) is 21.7. The lowest BCUT2D eigenvalue weighted by Gasteiger charge is -2.32. The van der Waals surface area contributed by atoms with E-state index in [1.165, 1.54) is 11.9 Å². The number of alkyl halides is 4. The Bertz CT molecular complexity index is 2260. The van der Waals surface area contributed by atoms with Gasteiger partial charge in [-0.1, -0.05) is 6.07 Å². The van der Waals surface area contributed by atoms with Gasteiger partial charge >= 0.3 is 12.2 Å². The fourth-order valence-corrected chi connectivity index (χ4v) is 9.33. The third-order valence-corrected chi connectivity index (χ3v) is 11.9. The van der Waals surface area contributed by atoms with Gasteiger partial charge < -0.3 is 31.0 Å². The molecule has 3 aliphatic rings. The molecule has 6 N–H and O–H groups in total. The van der Waals surface area contributed by atoms with Crippen LogP contribution in [-0.2, 0) is 11.0 Å². The van der Waals surface area contributed by atoms with E-state index in [0.29, 0.717) is 30.7 Å². The first-order chi connectivity index (χ1) is 26.1. The van der Waals surface area contributed by atoms with E-state index < -0.39 is 63.7 Å². The van der Waals surface area contributed by atoms with Crippen molar-refractivity contribution in [2.75, 3.05) is 57.0 Å². The first-order valence-electron chi connectivity index (χ1n) is 17.6. The van der Waals surface area contributed by atoms with E-state index in [-0.39, 0.29) is 82.8 Å². The molecular weight excluding hydrogens is 751 g/mol. The van der Waals surface area contributed by atoms with E-state index in [1.807, 2.05) is 11.0 Å². The van der Waals surface area contributed by atoms with Crippen molar-refractivity contribution in [3.63, 3.8) is 0 Å². The highest BCUT2D eigenvalue weighted by Gasteiger charge is 2.49. The summed E-state index contributed by atoms with van der Waals surface area (Å²) >= 11 is 0.666. The number of hydrogen-bond donors (Lipinski definition) is 3. The van der Waals surface area contributed by atoms with Gasteiger partial charge in [0.2, 0.25) is 0 Å². The SMILES string of the molecule is CCN(c1nc(OCC23CCCN2CC(F)C3)nc2c(F)c(-c3ccc(F)c4sc(N)c(C#N)c34)c(C(F)(F)F)cc12)C1CCN(C(=O)/C(=C/N)N(C)N)C1. The molecule has 292 valence electrons. The van der Waals surface area contributed by atoms with Crippen molar-refractivity contribution in [1.82, 2.24) is 24.8 Å². The number of likely N-dealkylation sites (N-methyl/N-ethyl adjacent to an activating group) is 2. The second-order valence-electron chi connectivity index (χ2n) is 14.1. The number of nitriles is 1. The number of hydrazine groups is 1. The first kappa shape index (κ1) is 38.2. The van der Waals surface area contributed by atoms with E-state index in [0.717, 1.165) is 35.8 Å². The van der Waals surface area contributed by atoms with Crippen molar-refractivity contribution in [1.29, 1.82) is 5.26 Å². The van der Waals surface area contributed by atoms with Gasteiger partial charge in [0, 0.05) is 68.2 Å². The molecule has 2 aromatic heterocycles. The summed E-state index contributed by atoms with van der Waals surface area (Å²) in [6.07, 6.45) is -3.15. The van der Waals surface area contributed by atoms with Crippen molar-refractivity contribution in [2.24, 2.45) is 11.6 Å². The minimum Gasteiger partial charge on any atom is -0.461 e. The average Bonchev–Trinajstić information content (AvgIpc) is 3.91. The van der Waals surface area contributed by atoms with Crippen LogP contribution in [0.2, 0.25) is 0 Å². The zero-order valence-corrected chi connectivity index (χ0v) is 30.7. The maximum atomic E-state index is 17.3. The number of fused-ring (bicyclic) bond motifs is 3. The number of anilines is 2. The molecule has 3 aliphatic heterocycles. The Morgan fingerprint density at radius 2 is 2.00 bits per heavy atom. The lowest BCUT2D eigenvalue weighted by molar-refractivity contribution is -0.137. The van der Waals surface area contributed by atoms with Crippen LogP contribution in [0.4, 0.5) is 37.2 Å². The van der Waals surface area contributed by atoms with Crippen LogP contribution >= 0.6 is 11.3 Å². The molecule has 4 aromatic rings. The fourth-order valence-electron chi connectivity index (χ4n) is 8.38. The topological polar surface area (TPSA) is 167 Å². The van der Waals surface area contributed by atoms with Crippen molar-refractivity contribution in [3.8, 4) is 23.2 Å². The Hall–Kier alpha value is -5.06. The predicted octanol–water partition coefficient (Wildman–Crippen LogP) is 5.25. The van der Waals surface area contributed by atoms with Crippen LogP contribution < -0.4 is 26.9 Å². The van der Waals surface area contributed by atoms with Gasteiger partial charge in [-0.3, -0.25) is 9.69 Å². The Balaban J connectivity index is 1.42. The molecule has 7 rings (SSSR count). The monoisotopic (exact) mass is 788 g/mol. The minimum atomic E-state index is -5.16. The smallest absolute Gasteiger partial charge is 0.417 e. The number of ether oxygens (including phenoxy) is 1. The number of carbonyl (C=O) groups excluding carboxylic acids is 1. The van der Waals surface area contributed by atoms with Crippen molar-refractivity contribution < 1.29 is 35.9 Å². The van der Waals surface area contributed by atoms with Gasteiger partial charge in [0.25, 0.3) is 5.91 Å². The molecule has 3 atom stereocenters. The third-order valence-electron chi connectivity index (χ3n) is 10.9. The molecule has 5 heterocycles. The number of thiophene rings is 1. The number of likely N-dealkylation sites (tertiary alicyclic amines) is 1. The van der Waals surface area contributed by atoms with Crippen LogP contribution in [0.1, 0.15) is 43.7 Å². The quantitative estimate of drug-likeness (QED) is 0.0878. The zero-order chi connectivity index (χ0) is 39.6. The summed E-state index contributed by atoms with van der Waals surface area (Å²) in [6, 6.07) is 3.58. The molecule has 3 saturated heterocycles. The number of amides is 1. The summed E-state index contributed by atoms with van der Waals surface area (Å²) < 4.78 is 98.3. The third kappa shape index (κ3) is 6.49. The van der Waals surface area contributed by atoms with Gasteiger partial charge in [0.05, 0.1) is 21.4 Å². The van der Waals surface area contributed by atoms with Gasteiger partial charge in [-0.05, 0) is 50.4 Å². The van der Waals surface area contributed by atoms with Gasteiger partial charge in [-0.25, -0.2) is 19.0 Å². The maximum Gasteiger partial charge on any atom is 0.417 e. The van der Waals surface area contributed by atoms with Gasteiger partial charge in [0.1, 0.15) is 46.7 Å². The molecular formula is C36H38F6N10O2S. The summed E-state index contributed by atoms with van der Waals surface area (Å²) in [4.78, 5) is 27.4. The molecule has 19 heteroatoms. The fraction of sp³-hybridized carbons (Fsp3) is 0.444. The molecule has 0 bridgehead atoms. The standard InChI is InChI=1S/C36H38F6N10O2S/c1-3-52(19-7-10-50(16-19)33(53)25(14-44)49(2)46)32-21-11-23(36(40,41)42)27(20-5-6-24(38)30-26(20)22(13-43)31(45)55-30)28(39)29(21)47-34(48-32)54-17-35-8-4-9-51(35)15-18(37)12-35/h5-6,11,14,18-19H,3-4,7-10,12,15-17,44-46H2,1-2H3/b25-14-. The number of benzene rings is 2. The summed E-state index contributed by atoms with van der Waals surface area (Å²) in [7, 11) is 1.45. The molecule has 0 aliphatic carbocycles. The molecule has 1 amide bonds. The minimum absolute atomic E-state index is 0.0286. The molecule has 3 fully saturated rings. The Morgan fingerprint density at radius 1 is 1.24 bits per heavy atom. The number of hydrogen-bond acceptors (Lipinski definition) is 12. The number of nitrogen functional groups attached to an aromatic ring is 1. The van der Waals surface area contributed by atoms with Crippen LogP contribution in [0.15, 0.2) is 30.1 Å². The van der Waals surface area contributed by atoms with E-state index in [2.05, 4.69) is 9.97 Å². The Morgan fingerprint density at radius 3 is 2.67 bits per heavy atom.